The van der Waals surface area contributed by atoms with E-state index in [-0.39, 0.29) is 44.5 Å². The third-order valence-corrected chi connectivity index (χ3v) is 17.2. The van der Waals surface area contributed by atoms with Crippen molar-refractivity contribution in [1.82, 2.24) is 74.6 Å². The van der Waals surface area contributed by atoms with Gasteiger partial charge in [-0.3, -0.25) is 14.4 Å². The van der Waals surface area contributed by atoms with Crippen LogP contribution in [0.2, 0.25) is 15.1 Å². The van der Waals surface area contributed by atoms with Crippen LogP contribution in [0.4, 0.5) is 17.6 Å². The molecule has 0 saturated carbocycles. The first-order chi connectivity index (χ1) is 45.2. The molecular weight excluding hydrogens is 1260 g/mol. The minimum absolute atomic E-state index is 0.0499. The van der Waals surface area contributed by atoms with Gasteiger partial charge in [0.25, 0.3) is 5.92 Å². The number of rotatable bonds is 12. The topological polar surface area (TPSA) is 192 Å². The summed E-state index contributed by atoms with van der Waals surface area (Å²) < 4.78 is 57.8. The van der Waals surface area contributed by atoms with Crippen LogP contribution in [-0.2, 0) is 34.0 Å². The Hall–Kier alpha value is -10.0. The molecule has 468 valence electrons. The molecule has 25 heteroatoms. The second kappa shape index (κ2) is 26.7. The van der Waals surface area contributed by atoms with E-state index >= 15 is 0 Å². The van der Waals surface area contributed by atoms with Gasteiger partial charge < -0.3 is 14.7 Å². The van der Waals surface area contributed by atoms with Crippen LogP contribution >= 0.6 is 34.8 Å². The normalized spacial score (nSPS) is 15.8. The van der Waals surface area contributed by atoms with Crippen molar-refractivity contribution in [2.75, 3.05) is 39.3 Å². The molecule has 3 aliphatic heterocycles. The van der Waals surface area contributed by atoms with Crippen LogP contribution in [-0.4, -0.2) is 150 Å². The largest absolute Gasteiger partial charge is 0.338 e. The Kier molecular flexibility index (Phi) is 17.7. The van der Waals surface area contributed by atoms with Gasteiger partial charge in [0.1, 0.15) is 66.1 Å². The SMILES string of the molecule is O=C(Cn1nc(-c2ccccc2)c2c(Cl)c(-c3ccccc3)nnc21)N1CC(F)(F)C1.O=C(Cn1nc(-c2ccccc2)c2c(Cl)c(-c3ccccc3)nnc21)N1CC[C@@H](F)C1.O=C(Cn1nc(-c2ccccc2)c2c(Cl)c(-c3ccccc3)nnc21)N1CC[C@H](F)C1. The molecule has 3 aliphatic rings. The molecule has 15 rings (SSSR count). The van der Waals surface area contributed by atoms with Crippen LogP contribution in [0.25, 0.3) is 101 Å². The average Bonchev–Trinajstić information content (AvgIpc) is 1.65. The smallest absolute Gasteiger partial charge is 0.282 e. The Balaban J connectivity index is 0.000000127. The molecule has 0 N–H and O–H groups in total. The molecule has 6 aromatic carbocycles. The number of alkyl halides is 4. The minimum atomic E-state index is -2.83. The Morgan fingerprint density at radius 1 is 0.376 bits per heavy atom. The van der Waals surface area contributed by atoms with Crippen molar-refractivity contribution in [3.63, 3.8) is 0 Å². The highest BCUT2D eigenvalue weighted by molar-refractivity contribution is 6.40. The lowest BCUT2D eigenvalue weighted by Crippen LogP contribution is -2.59. The van der Waals surface area contributed by atoms with Crippen molar-refractivity contribution in [1.29, 1.82) is 0 Å². The van der Waals surface area contributed by atoms with Crippen molar-refractivity contribution in [2.45, 2.75) is 50.7 Å². The third-order valence-electron chi connectivity index (χ3n) is 16.1. The number of benzene rings is 6. The summed E-state index contributed by atoms with van der Waals surface area (Å²) in [4.78, 5) is 42.1. The van der Waals surface area contributed by atoms with Crippen LogP contribution in [0.3, 0.4) is 0 Å². The summed E-state index contributed by atoms with van der Waals surface area (Å²) in [5.74, 6) is -3.69. The molecule has 6 aromatic heterocycles. The fourth-order valence-corrected chi connectivity index (χ4v) is 12.3. The van der Waals surface area contributed by atoms with Gasteiger partial charge in [0.15, 0.2) is 16.9 Å². The van der Waals surface area contributed by atoms with Crippen LogP contribution in [0.1, 0.15) is 12.8 Å². The zero-order chi connectivity index (χ0) is 64.3. The number of carbonyl (C=O) groups excluding carboxylic acids is 3. The van der Waals surface area contributed by atoms with Crippen molar-refractivity contribution in [2.24, 2.45) is 0 Å². The summed E-state index contributed by atoms with van der Waals surface area (Å²) in [6.45, 7) is -0.429. The molecule has 12 aromatic rings. The molecule has 0 unspecified atom stereocenters. The van der Waals surface area contributed by atoms with E-state index < -0.39 is 37.3 Å². The molecule has 18 nitrogen and oxygen atoms in total. The summed E-state index contributed by atoms with van der Waals surface area (Å²) in [5.41, 5.74) is 9.59. The summed E-state index contributed by atoms with van der Waals surface area (Å²) in [5, 5.41) is 43.0. The Bertz CT molecular complexity index is 4510. The van der Waals surface area contributed by atoms with Crippen LogP contribution in [0, 0.1) is 0 Å². The van der Waals surface area contributed by atoms with Gasteiger partial charge in [0.2, 0.25) is 17.7 Å². The number of nitrogens with zero attached hydrogens (tertiary/aromatic N) is 15. The molecule has 0 radical (unpaired) electrons. The summed E-state index contributed by atoms with van der Waals surface area (Å²) in [7, 11) is 0. The molecule has 0 bridgehead atoms. The van der Waals surface area contributed by atoms with E-state index in [1.165, 1.54) is 23.8 Å². The second-order valence-corrected chi connectivity index (χ2v) is 23.6. The molecule has 2 atom stereocenters. The zero-order valence-electron chi connectivity index (χ0n) is 49.3. The highest BCUT2D eigenvalue weighted by atomic mass is 35.5. The van der Waals surface area contributed by atoms with Crippen molar-refractivity contribution < 1.29 is 31.9 Å². The lowest BCUT2D eigenvalue weighted by atomic mass is 10.1. The Labute approximate surface area is 544 Å². The zero-order valence-corrected chi connectivity index (χ0v) is 51.6. The second-order valence-electron chi connectivity index (χ2n) is 22.5. The number of carbonyl (C=O) groups is 3. The first kappa shape index (κ1) is 61.8. The van der Waals surface area contributed by atoms with E-state index in [4.69, 9.17) is 34.8 Å². The standard InChI is InChI=1S/2C23H19ClFN5O.C22H16ClF2N5O/c2*24-20-19-21(15-7-3-1-4-8-15)28-30(14-18(31)29-12-11-17(25)13-29)23(19)27-26-22(20)16-9-5-2-6-10-16;23-18-17-19(14-7-3-1-4-8-14)28-30(11-16(31)29-12-22(24,25)13-29)21(17)27-26-20(18)15-9-5-2-6-10-15/h2*1-10,17H,11-14H2;1-10H,11-13H2/t2*17-;/m10./s1. The number of aromatic nitrogens is 12. The average molecular weight is 1310 g/mol. The maximum Gasteiger partial charge on any atom is 0.282 e. The van der Waals surface area contributed by atoms with Gasteiger partial charge in [-0.05, 0) is 12.8 Å². The van der Waals surface area contributed by atoms with E-state index in [0.29, 0.717) is 108 Å². The van der Waals surface area contributed by atoms with Gasteiger partial charge in [-0.25, -0.2) is 31.6 Å². The number of likely N-dealkylation sites (tertiary alicyclic amines) is 3. The van der Waals surface area contributed by atoms with E-state index in [9.17, 15) is 31.9 Å². The van der Waals surface area contributed by atoms with Crippen molar-refractivity contribution in [3.8, 4) is 67.5 Å². The van der Waals surface area contributed by atoms with E-state index in [2.05, 4.69) is 45.9 Å². The Morgan fingerprint density at radius 3 is 0.860 bits per heavy atom. The maximum atomic E-state index is 13.6. The van der Waals surface area contributed by atoms with E-state index in [0.717, 1.165) is 38.3 Å². The first-order valence-electron chi connectivity index (χ1n) is 29.8. The lowest BCUT2D eigenvalue weighted by molar-refractivity contribution is -0.166. The molecular formula is C68H54Cl3F4N15O3. The van der Waals surface area contributed by atoms with Crippen LogP contribution in [0.5, 0.6) is 0 Å². The van der Waals surface area contributed by atoms with Gasteiger partial charge >= 0.3 is 0 Å². The monoisotopic (exact) mass is 1310 g/mol. The van der Waals surface area contributed by atoms with Gasteiger partial charge in [0.05, 0.1) is 57.4 Å². The highest BCUT2D eigenvalue weighted by Gasteiger charge is 2.46. The van der Waals surface area contributed by atoms with E-state index in [1.807, 2.05) is 182 Å². The predicted octanol–water partition coefficient (Wildman–Crippen LogP) is 13.1. The third kappa shape index (κ3) is 13.0. The maximum absolute atomic E-state index is 13.6. The number of hydrogen-bond donors (Lipinski definition) is 0. The van der Waals surface area contributed by atoms with Crippen LogP contribution < -0.4 is 0 Å². The minimum Gasteiger partial charge on any atom is -0.338 e. The summed E-state index contributed by atoms with van der Waals surface area (Å²) in [6.07, 6.45) is -1.21. The number of fused-ring (bicyclic) bond motifs is 3. The number of halogens is 7. The molecule has 0 spiro atoms. The van der Waals surface area contributed by atoms with Crippen LogP contribution in [0.15, 0.2) is 182 Å². The molecule has 0 aliphatic carbocycles. The van der Waals surface area contributed by atoms with Crippen molar-refractivity contribution >= 4 is 85.6 Å². The molecule has 3 fully saturated rings. The summed E-state index contributed by atoms with van der Waals surface area (Å²) >= 11 is 20.4. The molecule has 3 amide bonds. The number of amides is 3. The highest BCUT2D eigenvalue weighted by Crippen LogP contribution is 2.41. The first-order valence-corrected chi connectivity index (χ1v) is 30.9. The molecule has 3 saturated heterocycles. The quantitative estimate of drug-likeness (QED) is 0.105. The molecule has 93 heavy (non-hydrogen) atoms. The van der Waals surface area contributed by atoms with Gasteiger partial charge in [-0.15, -0.1) is 30.6 Å². The van der Waals surface area contributed by atoms with E-state index in [1.54, 1.807) is 0 Å². The van der Waals surface area contributed by atoms with Gasteiger partial charge in [-0.1, -0.05) is 217 Å². The summed E-state index contributed by atoms with van der Waals surface area (Å²) in [6, 6.07) is 57.1. The van der Waals surface area contributed by atoms with Gasteiger partial charge in [0, 0.05) is 46.5 Å². The molecule has 9 heterocycles. The lowest BCUT2D eigenvalue weighted by Gasteiger charge is -2.38. The Morgan fingerprint density at radius 2 is 0.624 bits per heavy atom. The fraction of sp³-hybridized carbons (Fsp3) is 0.206. The van der Waals surface area contributed by atoms with Gasteiger partial charge in [-0.2, -0.15) is 15.3 Å². The van der Waals surface area contributed by atoms with Crippen molar-refractivity contribution in [3.05, 3.63) is 197 Å². The number of hydrogen-bond acceptors (Lipinski definition) is 12. The predicted molar refractivity (Wildman–Crippen MR) is 347 cm³/mol. The fourth-order valence-electron chi connectivity index (χ4n) is 11.4.